The van der Waals surface area contributed by atoms with Gasteiger partial charge in [-0.1, -0.05) is 26.7 Å². The monoisotopic (exact) mass is 168 g/mol. The Balaban J connectivity index is 3.38. The Labute approximate surface area is 74.3 Å². The molecule has 0 bridgehead atoms. The van der Waals surface area contributed by atoms with Crippen LogP contribution < -0.4 is 0 Å². The Hall–Kier alpha value is -0.970. The average molecular weight is 168 g/mol. The molecule has 0 aliphatic carbocycles. The summed E-state index contributed by atoms with van der Waals surface area (Å²) in [5, 5.41) is 0. The van der Waals surface area contributed by atoms with E-state index in [0.29, 0.717) is 13.0 Å². The summed E-state index contributed by atoms with van der Waals surface area (Å²) in [7, 11) is 0. The van der Waals surface area contributed by atoms with Crippen molar-refractivity contribution in [3.05, 3.63) is 0 Å². The maximum absolute atomic E-state index is 10.9. The molecule has 0 saturated carbocycles. The van der Waals surface area contributed by atoms with Gasteiger partial charge in [0.1, 0.15) is 6.61 Å². The van der Waals surface area contributed by atoms with E-state index in [-0.39, 0.29) is 11.9 Å². The molecule has 0 heterocycles. The molecular formula is C10H16O2. The van der Waals surface area contributed by atoms with Gasteiger partial charge in [0.15, 0.2) is 0 Å². The predicted molar refractivity (Wildman–Crippen MR) is 48.5 cm³/mol. The van der Waals surface area contributed by atoms with Crippen LogP contribution >= 0.6 is 0 Å². The molecule has 0 atom stereocenters. The van der Waals surface area contributed by atoms with Crippen LogP contribution in [0.15, 0.2) is 0 Å². The third kappa shape index (κ3) is 5.79. The topological polar surface area (TPSA) is 26.3 Å². The van der Waals surface area contributed by atoms with Crippen LogP contribution in [-0.4, -0.2) is 12.6 Å². The van der Waals surface area contributed by atoms with Crippen molar-refractivity contribution >= 4 is 5.97 Å². The number of esters is 1. The molecule has 0 aromatic rings. The van der Waals surface area contributed by atoms with Gasteiger partial charge in [0.25, 0.3) is 0 Å². The minimum atomic E-state index is -0.145. The summed E-state index contributed by atoms with van der Waals surface area (Å²) in [5.41, 5.74) is 0. The molecule has 0 radical (unpaired) electrons. The zero-order chi connectivity index (χ0) is 9.40. The molecule has 0 amide bonds. The number of hydrogen-bond donors (Lipinski definition) is 0. The quantitative estimate of drug-likeness (QED) is 0.366. The van der Waals surface area contributed by atoms with Crippen LogP contribution in [0.2, 0.25) is 0 Å². The summed E-state index contributed by atoms with van der Waals surface area (Å²) >= 11 is 0. The van der Waals surface area contributed by atoms with E-state index in [4.69, 9.17) is 4.74 Å². The molecule has 0 spiro atoms. The molecule has 0 aliphatic rings. The Morgan fingerprint density at radius 1 is 1.42 bits per heavy atom. The van der Waals surface area contributed by atoms with Crippen LogP contribution in [0.4, 0.5) is 0 Å². The lowest BCUT2D eigenvalue weighted by molar-refractivity contribution is -0.147. The minimum Gasteiger partial charge on any atom is -0.464 e. The van der Waals surface area contributed by atoms with Crippen molar-refractivity contribution in [1.29, 1.82) is 0 Å². The highest BCUT2D eigenvalue weighted by Crippen LogP contribution is 1.95. The highest BCUT2D eigenvalue weighted by atomic mass is 16.5. The van der Waals surface area contributed by atoms with Gasteiger partial charge < -0.3 is 4.74 Å². The van der Waals surface area contributed by atoms with Gasteiger partial charge in [-0.3, -0.25) is 4.79 Å². The number of rotatable bonds is 3. The van der Waals surface area contributed by atoms with E-state index in [0.717, 1.165) is 6.42 Å². The minimum absolute atomic E-state index is 0.0378. The van der Waals surface area contributed by atoms with Crippen LogP contribution in [0.3, 0.4) is 0 Å². The summed E-state index contributed by atoms with van der Waals surface area (Å²) in [5.74, 6) is 5.63. The van der Waals surface area contributed by atoms with Crippen molar-refractivity contribution in [2.75, 3.05) is 6.61 Å². The Bertz CT molecular complexity index is 184. The van der Waals surface area contributed by atoms with Crippen molar-refractivity contribution in [1.82, 2.24) is 0 Å². The van der Waals surface area contributed by atoms with Gasteiger partial charge in [0.05, 0.1) is 5.92 Å². The van der Waals surface area contributed by atoms with Gasteiger partial charge in [-0.25, -0.2) is 0 Å². The van der Waals surface area contributed by atoms with E-state index in [1.165, 1.54) is 0 Å². The number of carbonyl (C=O) groups excluding carboxylic acids is 1. The van der Waals surface area contributed by atoms with Crippen molar-refractivity contribution in [2.45, 2.75) is 33.6 Å². The van der Waals surface area contributed by atoms with Crippen molar-refractivity contribution < 1.29 is 9.53 Å². The lowest BCUT2D eigenvalue weighted by Crippen LogP contribution is -2.11. The van der Waals surface area contributed by atoms with E-state index >= 15 is 0 Å². The van der Waals surface area contributed by atoms with Crippen LogP contribution in [0.5, 0.6) is 0 Å². The first-order chi connectivity index (χ1) is 5.68. The maximum Gasteiger partial charge on any atom is 0.308 e. The molecule has 0 unspecified atom stereocenters. The summed E-state index contributed by atoms with van der Waals surface area (Å²) < 4.78 is 4.91. The molecule has 0 N–H and O–H groups in total. The van der Waals surface area contributed by atoms with E-state index in [9.17, 15) is 4.79 Å². The molecule has 2 heteroatoms. The zero-order valence-corrected chi connectivity index (χ0v) is 8.02. The van der Waals surface area contributed by atoms with Crippen LogP contribution in [-0.2, 0) is 9.53 Å². The zero-order valence-electron chi connectivity index (χ0n) is 8.02. The second kappa shape index (κ2) is 6.72. The molecule has 0 aliphatic heterocycles. The summed E-state index contributed by atoms with van der Waals surface area (Å²) in [6, 6.07) is 0. The number of hydrogen-bond acceptors (Lipinski definition) is 2. The second-order valence-electron chi connectivity index (χ2n) is 2.78. The fourth-order valence-electron chi connectivity index (χ4n) is 0.583. The molecular weight excluding hydrogens is 152 g/mol. The molecule has 0 aromatic carbocycles. The van der Waals surface area contributed by atoms with Crippen LogP contribution in [0, 0.1) is 17.8 Å². The number of ether oxygens (including phenoxy) is 1. The first kappa shape index (κ1) is 11.0. The van der Waals surface area contributed by atoms with E-state index in [1.54, 1.807) is 0 Å². The molecule has 0 saturated heterocycles. The third-order valence-corrected chi connectivity index (χ3v) is 1.24. The van der Waals surface area contributed by atoms with Crippen molar-refractivity contribution in [3.8, 4) is 11.8 Å². The van der Waals surface area contributed by atoms with Gasteiger partial charge in [-0.15, -0.1) is 5.92 Å². The van der Waals surface area contributed by atoms with Crippen LogP contribution in [0.25, 0.3) is 0 Å². The van der Waals surface area contributed by atoms with Gasteiger partial charge in [0, 0.05) is 12.8 Å². The fourth-order valence-corrected chi connectivity index (χ4v) is 0.583. The molecule has 12 heavy (non-hydrogen) atoms. The Morgan fingerprint density at radius 2 is 2.08 bits per heavy atom. The van der Waals surface area contributed by atoms with Gasteiger partial charge >= 0.3 is 5.97 Å². The summed E-state index contributed by atoms with van der Waals surface area (Å²) in [6.45, 7) is 6.05. The van der Waals surface area contributed by atoms with E-state index < -0.39 is 0 Å². The first-order valence-corrected chi connectivity index (χ1v) is 4.30. The molecule has 68 valence electrons. The normalized spacial score (nSPS) is 9.00. The Morgan fingerprint density at radius 3 is 2.58 bits per heavy atom. The first-order valence-electron chi connectivity index (χ1n) is 4.30. The maximum atomic E-state index is 10.9. The van der Waals surface area contributed by atoms with Crippen LogP contribution in [0.1, 0.15) is 33.6 Å². The highest BCUT2D eigenvalue weighted by molar-refractivity contribution is 5.71. The van der Waals surface area contributed by atoms with Crippen molar-refractivity contribution in [3.63, 3.8) is 0 Å². The Kier molecular flexibility index (Phi) is 6.18. The largest absolute Gasteiger partial charge is 0.464 e. The fraction of sp³-hybridized carbons (Fsp3) is 0.700. The average Bonchev–Trinajstić information content (AvgIpc) is 2.03. The van der Waals surface area contributed by atoms with Gasteiger partial charge in [-0.2, -0.15) is 0 Å². The third-order valence-electron chi connectivity index (χ3n) is 1.24. The molecule has 0 aromatic heterocycles. The second-order valence-corrected chi connectivity index (χ2v) is 2.78. The van der Waals surface area contributed by atoms with Crippen molar-refractivity contribution in [2.24, 2.45) is 5.92 Å². The molecule has 0 rings (SSSR count). The molecule has 2 nitrogen and oxygen atoms in total. The highest BCUT2D eigenvalue weighted by Gasteiger charge is 2.06. The SMILES string of the molecule is CCC#CCCOC(=O)C(C)C. The smallest absolute Gasteiger partial charge is 0.308 e. The lowest BCUT2D eigenvalue weighted by Gasteiger charge is -2.03. The predicted octanol–water partition coefficient (Wildman–Crippen LogP) is 1.99. The summed E-state index contributed by atoms with van der Waals surface area (Å²) in [4.78, 5) is 10.9. The lowest BCUT2D eigenvalue weighted by atomic mass is 10.2. The standard InChI is InChI=1S/C10H16O2/c1-4-5-6-7-8-12-10(11)9(2)3/h9H,4,7-8H2,1-3H3. The van der Waals surface area contributed by atoms with Gasteiger partial charge in [-0.05, 0) is 0 Å². The van der Waals surface area contributed by atoms with Gasteiger partial charge in [0.2, 0.25) is 0 Å². The molecule has 0 fully saturated rings. The summed E-state index contributed by atoms with van der Waals surface area (Å²) in [6.07, 6.45) is 1.50. The number of carbonyl (C=O) groups is 1. The van der Waals surface area contributed by atoms with E-state index in [2.05, 4.69) is 11.8 Å². The van der Waals surface area contributed by atoms with E-state index in [1.807, 2.05) is 20.8 Å².